The number of nitriles is 1. The second-order valence-corrected chi connectivity index (χ2v) is 6.26. The van der Waals surface area contributed by atoms with Crippen LogP contribution in [-0.2, 0) is 0 Å². The quantitative estimate of drug-likeness (QED) is 0.739. The van der Waals surface area contributed by atoms with E-state index >= 15 is 0 Å². The van der Waals surface area contributed by atoms with Gasteiger partial charge in [0.25, 0.3) is 0 Å². The molecule has 17 heavy (non-hydrogen) atoms. The summed E-state index contributed by atoms with van der Waals surface area (Å²) in [6.07, 6.45) is 3.63. The van der Waals surface area contributed by atoms with E-state index in [-0.39, 0.29) is 0 Å². The maximum Gasteiger partial charge on any atom is 0.116 e. The molecule has 1 aliphatic rings. The molecule has 3 nitrogen and oxygen atoms in total. The van der Waals surface area contributed by atoms with Crippen molar-refractivity contribution in [2.45, 2.75) is 64.6 Å². The number of hydrogen-bond donors (Lipinski definition) is 1. The van der Waals surface area contributed by atoms with Gasteiger partial charge in [0, 0.05) is 18.6 Å². The molecule has 3 heteroatoms. The summed E-state index contributed by atoms with van der Waals surface area (Å²) in [5.41, 5.74) is -0.402. The van der Waals surface area contributed by atoms with Crippen LogP contribution in [0.25, 0.3) is 0 Å². The van der Waals surface area contributed by atoms with Crippen LogP contribution in [-0.4, -0.2) is 36.1 Å². The SMILES string of the molecule is CC(C)CC(C)N(C)CC(C)(C#N)NC1CC1. The van der Waals surface area contributed by atoms with E-state index in [1.165, 1.54) is 19.3 Å². The number of nitrogens with one attached hydrogen (secondary N) is 1. The summed E-state index contributed by atoms with van der Waals surface area (Å²) in [5, 5.41) is 12.8. The molecule has 98 valence electrons. The molecule has 0 aromatic carbocycles. The average molecular weight is 237 g/mol. The van der Waals surface area contributed by atoms with E-state index in [9.17, 15) is 5.26 Å². The molecule has 0 spiro atoms. The van der Waals surface area contributed by atoms with Crippen molar-refractivity contribution < 1.29 is 0 Å². The molecule has 2 atom stereocenters. The molecule has 0 bridgehead atoms. The summed E-state index contributed by atoms with van der Waals surface area (Å²) in [6, 6.07) is 3.54. The van der Waals surface area contributed by atoms with Crippen LogP contribution in [0.4, 0.5) is 0 Å². The van der Waals surface area contributed by atoms with Crippen molar-refractivity contribution in [1.29, 1.82) is 5.26 Å². The first-order chi connectivity index (χ1) is 7.86. The fraction of sp³-hybridized carbons (Fsp3) is 0.929. The highest BCUT2D eigenvalue weighted by atomic mass is 15.2. The number of rotatable bonds is 7. The standard InChI is InChI=1S/C14H27N3/c1-11(2)8-12(3)17(5)10-14(4,9-15)16-13-6-7-13/h11-13,16H,6-8,10H2,1-5H3. The van der Waals surface area contributed by atoms with E-state index in [1.807, 2.05) is 6.92 Å². The Bertz CT molecular complexity index is 278. The third-order valence-corrected chi connectivity index (χ3v) is 3.48. The lowest BCUT2D eigenvalue weighted by Gasteiger charge is -2.33. The molecule has 1 N–H and O–H groups in total. The fourth-order valence-corrected chi connectivity index (χ4v) is 2.31. The van der Waals surface area contributed by atoms with Crippen LogP contribution in [0.3, 0.4) is 0 Å². The van der Waals surface area contributed by atoms with Crippen molar-refractivity contribution in [1.82, 2.24) is 10.2 Å². The topological polar surface area (TPSA) is 39.1 Å². The molecule has 1 rings (SSSR count). The normalized spacial score (nSPS) is 21.3. The lowest BCUT2D eigenvalue weighted by molar-refractivity contribution is 0.187. The van der Waals surface area contributed by atoms with Gasteiger partial charge in [0.15, 0.2) is 0 Å². The molecule has 1 saturated carbocycles. The summed E-state index contributed by atoms with van der Waals surface area (Å²) in [6.45, 7) is 9.55. The summed E-state index contributed by atoms with van der Waals surface area (Å²) < 4.78 is 0. The van der Waals surface area contributed by atoms with Crippen molar-refractivity contribution in [3.05, 3.63) is 0 Å². The Morgan fingerprint density at radius 3 is 2.41 bits per heavy atom. The fourth-order valence-electron chi connectivity index (χ4n) is 2.31. The minimum atomic E-state index is -0.402. The Hall–Kier alpha value is -0.590. The van der Waals surface area contributed by atoms with Crippen LogP contribution in [0.5, 0.6) is 0 Å². The smallest absolute Gasteiger partial charge is 0.116 e. The van der Waals surface area contributed by atoms with Crippen molar-refractivity contribution in [3.63, 3.8) is 0 Å². The van der Waals surface area contributed by atoms with Crippen molar-refractivity contribution in [2.75, 3.05) is 13.6 Å². The highest BCUT2D eigenvalue weighted by Gasteiger charge is 2.34. The van der Waals surface area contributed by atoms with Crippen LogP contribution in [0, 0.1) is 17.2 Å². The monoisotopic (exact) mass is 237 g/mol. The summed E-state index contributed by atoms with van der Waals surface area (Å²) >= 11 is 0. The Balaban J connectivity index is 2.46. The zero-order chi connectivity index (χ0) is 13.1. The van der Waals surface area contributed by atoms with E-state index in [1.54, 1.807) is 0 Å². The Kier molecular flexibility index (Phi) is 4.97. The second kappa shape index (κ2) is 5.84. The van der Waals surface area contributed by atoms with Gasteiger partial charge in [-0.25, -0.2) is 0 Å². The zero-order valence-electron chi connectivity index (χ0n) is 12.0. The molecular weight excluding hydrogens is 210 g/mol. The molecule has 2 unspecified atom stereocenters. The molecule has 1 fully saturated rings. The molecule has 0 saturated heterocycles. The van der Waals surface area contributed by atoms with Crippen molar-refractivity contribution in [3.8, 4) is 6.07 Å². The molecule has 0 aromatic heterocycles. The predicted molar refractivity (Wildman–Crippen MR) is 71.7 cm³/mol. The highest BCUT2D eigenvalue weighted by Crippen LogP contribution is 2.23. The average Bonchev–Trinajstić information content (AvgIpc) is 3.00. The summed E-state index contributed by atoms with van der Waals surface area (Å²) in [4.78, 5) is 2.30. The van der Waals surface area contributed by atoms with Gasteiger partial charge in [-0.05, 0) is 46.1 Å². The predicted octanol–water partition coefficient (Wildman–Crippen LogP) is 2.39. The van der Waals surface area contributed by atoms with Gasteiger partial charge in [0.1, 0.15) is 5.54 Å². The number of likely N-dealkylation sites (N-methyl/N-ethyl adjacent to an activating group) is 1. The van der Waals surface area contributed by atoms with Gasteiger partial charge in [-0.1, -0.05) is 13.8 Å². The van der Waals surface area contributed by atoms with Crippen LogP contribution >= 0.6 is 0 Å². The molecule has 0 radical (unpaired) electrons. The number of nitrogens with zero attached hydrogens (tertiary/aromatic N) is 2. The Labute approximate surface area is 106 Å². The highest BCUT2D eigenvalue weighted by molar-refractivity contribution is 5.09. The maximum absolute atomic E-state index is 9.34. The van der Waals surface area contributed by atoms with Gasteiger partial charge in [-0.3, -0.25) is 5.32 Å². The second-order valence-electron chi connectivity index (χ2n) is 6.26. The molecule has 0 heterocycles. The summed E-state index contributed by atoms with van der Waals surface area (Å²) in [5.74, 6) is 0.706. The Morgan fingerprint density at radius 2 is 2.00 bits per heavy atom. The lowest BCUT2D eigenvalue weighted by Crippen LogP contribution is -2.52. The summed E-state index contributed by atoms with van der Waals surface area (Å²) in [7, 11) is 2.12. The third-order valence-electron chi connectivity index (χ3n) is 3.48. The van der Waals surface area contributed by atoms with Crippen molar-refractivity contribution in [2.24, 2.45) is 5.92 Å². The number of hydrogen-bond acceptors (Lipinski definition) is 3. The van der Waals surface area contributed by atoms with Crippen LogP contribution in [0.1, 0.15) is 47.0 Å². The molecule has 0 amide bonds. The first kappa shape index (κ1) is 14.5. The van der Waals surface area contributed by atoms with E-state index < -0.39 is 5.54 Å². The lowest BCUT2D eigenvalue weighted by atomic mass is 10.00. The Morgan fingerprint density at radius 1 is 1.41 bits per heavy atom. The maximum atomic E-state index is 9.34. The first-order valence-electron chi connectivity index (χ1n) is 6.75. The minimum Gasteiger partial charge on any atom is -0.301 e. The zero-order valence-corrected chi connectivity index (χ0v) is 12.0. The molecule has 0 aliphatic heterocycles. The van der Waals surface area contributed by atoms with E-state index in [2.05, 4.69) is 44.1 Å². The third kappa shape index (κ3) is 5.06. The minimum absolute atomic E-state index is 0.402. The van der Waals surface area contributed by atoms with E-state index in [0.717, 1.165) is 6.54 Å². The van der Waals surface area contributed by atoms with Gasteiger partial charge in [0.05, 0.1) is 6.07 Å². The van der Waals surface area contributed by atoms with Gasteiger partial charge < -0.3 is 4.90 Å². The van der Waals surface area contributed by atoms with Crippen LogP contribution < -0.4 is 5.32 Å². The van der Waals surface area contributed by atoms with Gasteiger partial charge in [-0.15, -0.1) is 0 Å². The van der Waals surface area contributed by atoms with Gasteiger partial charge >= 0.3 is 0 Å². The van der Waals surface area contributed by atoms with E-state index in [4.69, 9.17) is 0 Å². The largest absolute Gasteiger partial charge is 0.301 e. The van der Waals surface area contributed by atoms with E-state index in [0.29, 0.717) is 18.0 Å². The van der Waals surface area contributed by atoms with Crippen LogP contribution in [0.2, 0.25) is 0 Å². The van der Waals surface area contributed by atoms with Gasteiger partial charge in [-0.2, -0.15) is 5.26 Å². The van der Waals surface area contributed by atoms with Gasteiger partial charge in [0.2, 0.25) is 0 Å². The molecule has 0 aromatic rings. The van der Waals surface area contributed by atoms with Crippen molar-refractivity contribution >= 4 is 0 Å². The first-order valence-corrected chi connectivity index (χ1v) is 6.75. The molecule has 1 aliphatic carbocycles. The van der Waals surface area contributed by atoms with Crippen LogP contribution in [0.15, 0.2) is 0 Å². The molecular formula is C14H27N3.